The van der Waals surface area contributed by atoms with Crippen LogP contribution in [0.2, 0.25) is 0 Å². The zero-order chi connectivity index (χ0) is 51.2. The summed E-state index contributed by atoms with van der Waals surface area (Å²) in [6.07, 6.45) is 11.8. The van der Waals surface area contributed by atoms with Gasteiger partial charge in [-0.2, -0.15) is 16.7 Å². The molecular formula is C51H74FN11O8S. The number of unbranched alkanes of at least 4 members (excludes halogenated alkanes) is 2. The third-order valence-electron chi connectivity index (χ3n) is 11.6. The van der Waals surface area contributed by atoms with E-state index >= 15 is 0 Å². The number of nitrogens with one attached hydrogen (secondary N) is 8. The van der Waals surface area contributed by atoms with Gasteiger partial charge >= 0.3 is 6.03 Å². The topological polar surface area (TPSA) is 238 Å². The van der Waals surface area contributed by atoms with Gasteiger partial charge in [-0.15, -0.1) is 0 Å². The monoisotopic (exact) mass is 1020 g/mol. The molecule has 3 heterocycles. The van der Waals surface area contributed by atoms with Crippen LogP contribution in [0.4, 0.5) is 38.0 Å². The lowest BCUT2D eigenvalue weighted by molar-refractivity contribution is -0.123. The second-order valence-corrected chi connectivity index (χ2v) is 19.0. The molecule has 3 aromatic rings. The average Bonchev–Trinajstić information content (AvgIpc) is 3.91. The number of hydrogen-bond acceptors (Lipinski definition) is 14. The summed E-state index contributed by atoms with van der Waals surface area (Å²) in [6, 6.07) is 15.0. The maximum atomic E-state index is 14.5. The quantitative estimate of drug-likeness (QED) is 0.0199. The van der Waals surface area contributed by atoms with Gasteiger partial charge in [0.05, 0.1) is 44.7 Å². The van der Waals surface area contributed by atoms with Gasteiger partial charge in [-0.1, -0.05) is 30.7 Å². The van der Waals surface area contributed by atoms with Crippen LogP contribution >= 0.6 is 11.8 Å². The van der Waals surface area contributed by atoms with E-state index in [-0.39, 0.29) is 66.4 Å². The molecule has 21 heteroatoms. The molecule has 2 saturated heterocycles. The average molecular weight is 1020 g/mol. The first kappa shape index (κ1) is 57.0. The van der Waals surface area contributed by atoms with Crippen LogP contribution in [0.15, 0.2) is 66.9 Å². The molecule has 0 saturated carbocycles. The standard InChI is InChI=1S/C51H74FN11O8S/c1-37-13-7-14-38(33-37)58-49-41(52)35-56-50(62-49)59-40-16-8-15-39(34-40)57-47(67)21-10-26-63(2)25-6-5-22-53-45(65)19-9-20-46(66)55-24-12-28-70-30-32-71-31-29-69-27-11-23-54-44(64)18-4-3-17-43-48-42(36-72-43)60-51(68)61-48/h7-8,10,13-16,21,33-35,42-43,48H,3-6,9,11-12,17-20,22-32,36H2,1-2H3,(H,53,65)(H,54,64)(H,55,66)(H,57,67)(H2,60,61,68)(H2,56,58,59,62)/b21-10+/t42-,43-,48-/m0/s1. The molecule has 0 unspecified atom stereocenters. The van der Waals surface area contributed by atoms with Crippen molar-refractivity contribution in [2.24, 2.45) is 0 Å². The Morgan fingerprint density at radius 3 is 2.08 bits per heavy atom. The van der Waals surface area contributed by atoms with Crippen LogP contribution in [0.5, 0.6) is 0 Å². The van der Waals surface area contributed by atoms with Gasteiger partial charge in [-0.25, -0.2) is 14.2 Å². The van der Waals surface area contributed by atoms with E-state index in [0.29, 0.717) is 107 Å². The fraction of sp³-hybridized carbons (Fsp3) is 0.549. The molecular weight excluding hydrogens is 946 g/mol. The zero-order valence-electron chi connectivity index (χ0n) is 41.7. The summed E-state index contributed by atoms with van der Waals surface area (Å²) in [7, 11) is 1.96. The van der Waals surface area contributed by atoms with E-state index in [2.05, 4.69) is 57.4 Å². The van der Waals surface area contributed by atoms with Crippen LogP contribution in [0, 0.1) is 12.7 Å². The molecule has 6 amide bonds. The third kappa shape index (κ3) is 23.1. The van der Waals surface area contributed by atoms with Crippen LogP contribution in [0.25, 0.3) is 0 Å². The van der Waals surface area contributed by atoms with Crippen molar-refractivity contribution in [3.63, 3.8) is 0 Å². The number of carbonyl (C=O) groups excluding carboxylic acids is 5. The van der Waals surface area contributed by atoms with Gasteiger partial charge in [0.25, 0.3) is 0 Å². The van der Waals surface area contributed by atoms with Gasteiger partial charge in [0.15, 0.2) is 11.6 Å². The summed E-state index contributed by atoms with van der Waals surface area (Å²) < 4.78 is 31.1. The highest BCUT2D eigenvalue weighted by Crippen LogP contribution is 2.33. The fourth-order valence-electron chi connectivity index (χ4n) is 7.82. The number of aromatic nitrogens is 2. The van der Waals surface area contributed by atoms with E-state index in [4.69, 9.17) is 14.2 Å². The van der Waals surface area contributed by atoms with Crippen LogP contribution in [-0.4, -0.2) is 147 Å². The van der Waals surface area contributed by atoms with Crippen LogP contribution in [0.1, 0.15) is 76.2 Å². The van der Waals surface area contributed by atoms with E-state index in [1.807, 2.05) is 50.0 Å². The molecule has 2 fully saturated rings. The van der Waals surface area contributed by atoms with E-state index in [0.717, 1.165) is 62.6 Å². The molecule has 3 atom stereocenters. The Hall–Kier alpha value is -5.87. The SMILES string of the molecule is Cc1cccc(Nc2nc(Nc3cccc(NC(=O)/C=C/CN(C)CCCCNC(=O)CCCC(=O)NCCCOCCOCCOCCCNC(=O)CCCC[C@@H]4SC[C@@H]5NC(=O)N[C@@H]54)c3)ncc2F)c1. The Morgan fingerprint density at radius 1 is 0.764 bits per heavy atom. The number of thioether (sulfide) groups is 1. The molecule has 72 heavy (non-hydrogen) atoms. The van der Waals surface area contributed by atoms with Crippen molar-refractivity contribution in [3.05, 3.63) is 78.3 Å². The van der Waals surface area contributed by atoms with Crippen LogP contribution in [-0.2, 0) is 33.4 Å². The zero-order valence-corrected chi connectivity index (χ0v) is 42.6. The minimum absolute atomic E-state index is 0.0371. The molecule has 0 radical (unpaired) electrons. The predicted octanol–water partition coefficient (Wildman–Crippen LogP) is 5.69. The maximum absolute atomic E-state index is 14.5. The Balaban J connectivity index is 0.755. The van der Waals surface area contributed by atoms with Crippen molar-refractivity contribution in [2.75, 3.05) is 101 Å². The minimum atomic E-state index is -0.587. The Bertz CT molecular complexity index is 2190. The molecule has 5 rings (SSSR count). The van der Waals surface area contributed by atoms with Gasteiger partial charge in [0.1, 0.15) is 0 Å². The predicted molar refractivity (Wildman–Crippen MR) is 279 cm³/mol. The Labute approximate surface area is 427 Å². The number of amides is 6. The number of aryl methyl sites for hydroxylation is 1. The first-order chi connectivity index (χ1) is 35.0. The first-order valence-corrected chi connectivity index (χ1v) is 26.2. The number of anilines is 5. The number of rotatable bonds is 36. The number of ether oxygens (including phenoxy) is 3. The Morgan fingerprint density at radius 2 is 1.39 bits per heavy atom. The number of fused-ring (bicyclic) bond motifs is 1. The summed E-state index contributed by atoms with van der Waals surface area (Å²) in [6.45, 7) is 7.80. The maximum Gasteiger partial charge on any atom is 0.315 e. The molecule has 8 N–H and O–H groups in total. The highest BCUT2D eigenvalue weighted by molar-refractivity contribution is 8.00. The summed E-state index contributed by atoms with van der Waals surface area (Å²) >= 11 is 1.90. The number of nitrogens with zero attached hydrogens (tertiary/aromatic N) is 3. The summed E-state index contributed by atoms with van der Waals surface area (Å²) in [4.78, 5) is 71.1. The normalized spacial score (nSPS) is 16.0. The number of likely N-dealkylation sites (N-methyl/N-ethyl adjacent to an activating group) is 1. The molecule has 2 aromatic carbocycles. The van der Waals surface area contributed by atoms with Crippen molar-refractivity contribution in [2.45, 2.75) is 94.9 Å². The lowest BCUT2D eigenvalue weighted by Gasteiger charge is -2.16. The van der Waals surface area contributed by atoms with E-state index in [9.17, 15) is 28.4 Å². The molecule has 0 spiro atoms. The second-order valence-electron chi connectivity index (χ2n) is 17.8. The van der Waals surface area contributed by atoms with Gasteiger partial charge in [-0.05, 0) is 101 Å². The lowest BCUT2D eigenvalue weighted by atomic mass is 10.0. The van der Waals surface area contributed by atoms with Crippen molar-refractivity contribution >= 4 is 70.3 Å². The van der Waals surface area contributed by atoms with E-state index < -0.39 is 5.82 Å². The number of hydrogen-bond donors (Lipinski definition) is 8. The lowest BCUT2D eigenvalue weighted by Crippen LogP contribution is -2.36. The molecule has 2 aliphatic heterocycles. The van der Waals surface area contributed by atoms with Crippen molar-refractivity contribution in [1.82, 2.24) is 41.5 Å². The van der Waals surface area contributed by atoms with Crippen LogP contribution in [0.3, 0.4) is 0 Å². The number of benzene rings is 2. The largest absolute Gasteiger partial charge is 0.379 e. The van der Waals surface area contributed by atoms with Crippen molar-refractivity contribution in [3.8, 4) is 0 Å². The number of halogens is 1. The van der Waals surface area contributed by atoms with Crippen molar-refractivity contribution < 1.29 is 42.6 Å². The molecule has 19 nitrogen and oxygen atoms in total. The molecule has 2 aliphatic rings. The summed E-state index contributed by atoms with van der Waals surface area (Å²) in [5.74, 6) is 0.207. The number of urea groups is 1. The van der Waals surface area contributed by atoms with Gasteiger partial charge in [-0.3, -0.25) is 19.2 Å². The highest BCUT2D eigenvalue weighted by atomic mass is 32.2. The van der Waals surface area contributed by atoms with E-state index in [1.165, 1.54) is 6.08 Å². The van der Waals surface area contributed by atoms with Crippen LogP contribution < -0.4 is 42.5 Å². The van der Waals surface area contributed by atoms with E-state index in [1.54, 1.807) is 30.3 Å². The van der Waals surface area contributed by atoms with Gasteiger partial charge < -0.3 is 61.6 Å². The molecule has 394 valence electrons. The van der Waals surface area contributed by atoms with Gasteiger partial charge in [0, 0.05) is 92.8 Å². The third-order valence-corrected chi connectivity index (χ3v) is 13.1. The van der Waals surface area contributed by atoms with Gasteiger partial charge in [0.2, 0.25) is 29.6 Å². The highest BCUT2D eigenvalue weighted by Gasteiger charge is 2.42. The molecule has 0 aliphatic carbocycles. The summed E-state index contributed by atoms with van der Waals surface area (Å²) in [5, 5.41) is 24.0. The fourth-order valence-corrected chi connectivity index (χ4v) is 9.37. The first-order valence-electron chi connectivity index (χ1n) is 25.1. The van der Waals surface area contributed by atoms with Crippen molar-refractivity contribution in [1.29, 1.82) is 0 Å². The summed E-state index contributed by atoms with van der Waals surface area (Å²) in [5.41, 5.74) is 2.91. The number of carbonyl (C=O) groups is 5. The Kier molecular flexibility index (Phi) is 26.1. The smallest absolute Gasteiger partial charge is 0.315 e. The second kappa shape index (κ2) is 33.0. The minimum Gasteiger partial charge on any atom is -0.379 e. The molecule has 0 bridgehead atoms. The molecule has 1 aromatic heterocycles.